The molecular weight excluding hydrogens is 320 g/mol. The summed E-state index contributed by atoms with van der Waals surface area (Å²) in [5.74, 6) is 0. The summed E-state index contributed by atoms with van der Waals surface area (Å²) in [6, 6.07) is 13.0. The predicted molar refractivity (Wildman–Crippen MR) is 85.8 cm³/mol. The van der Waals surface area contributed by atoms with Gasteiger partial charge in [0.15, 0.2) is 0 Å². The Hall–Kier alpha value is -2.45. The van der Waals surface area contributed by atoms with Crippen molar-refractivity contribution < 1.29 is 18.4 Å². The molecule has 0 spiro atoms. The van der Waals surface area contributed by atoms with Crippen LogP contribution in [0.15, 0.2) is 59.5 Å². The Bertz CT molecular complexity index is 773. The molecule has 0 saturated carbocycles. The smallest absolute Gasteiger partial charge is 0.269 e. The molecular formula is C15H16N2O5S. The largest absolute Gasteiger partial charge is 0.392 e. The number of nitro groups is 1. The highest BCUT2D eigenvalue weighted by atomic mass is 32.2. The lowest BCUT2D eigenvalue weighted by molar-refractivity contribution is -0.384. The number of rotatable bonds is 6. The number of hydrogen-bond acceptors (Lipinski definition) is 5. The molecule has 7 nitrogen and oxygen atoms in total. The SMILES string of the molecule is C[C@@H](O)CN(c1ccccc1)S(=O)(=O)c1ccc([N+](=O)[O-])cc1. The number of sulfonamides is 1. The van der Waals surface area contributed by atoms with Gasteiger partial charge in [0, 0.05) is 12.1 Å². The van der Waals surface area contributed by atoms with Crippen molar-refractivity contribution in [2.24, 2.45) is 0 Å². The Morgan fingerprint density at radius 3 is 2.17 bits per heavy atom. The topological polar surface area (TPSA) is 101 Å². The summed E-state index contributed by atoms with van der Waals surface area (Å²) in [6.07, 6.45) is -0.872. The number of aliphatic hydroxyl groups excluding tert-OH is 1. The van der Waals surface area contributed by atoms with Crippen molar-refractivity contribution in [3.63, 3.8) is 0 Å². The van der Waals surface area contributed by atoms with E-state index in [9.17, 15) is 23.6 Å². The third-order valence-corrected chi connectivity index (χ3v) is 4.92. The van der Waals surface area contributed by atoms with E-state index in [-0.39, 0.29) is 17.1 Å². The van der Waals surface area contributed by atoms with Crippen LogP contribution in [-0.4, -0.2) is 31.1 Å². The molecule has 0 radical (unpaired) electrons. The minimum atomic E-state index is -3.94. The number of nitrogens with zero attached hydrogens (tertiary/aromatic N) is 2. The maximum atomic E-state index is 12.8. The Balaban J connectivity index is 2.45. The van der Waals surface area contributed by atoms with Gasteiger partial charge in [0.2, 0.25) is 0 Å². The number of anilines is 1. The van der Waals surface area contributed by atoms with Crippen molar-refractivity contribution in [3.8, 4) is 0 Å². The summed E-state index contributed by atoms with van der Waals surface area (Å²) in [6.45, 7) is 1.37. The van der Waals surface area contributed by atoms with Crippen LogP contribution in [0.5, 0.6) is 0 Å². The molecule has 2 rings (SSSR count). The van der Waals surface area contributed by atoms with E-state index in [1.54, 1.807) is 30.3 Å². The fourth-order valence-corrected chi connectivity index (χ4v) is 3.59. The van der Waals surface area contributed by atoms with E-state index >= 15 is 0 Å². The average molecular weight is 336 g/mol. The second-order valence-corrected chi connectivity index (χ2v) is 6.83. The summed E-state index contributed by atoms with van der Waals surface area (Å²) in [5.41, 5.74) is 0.220. The van der Waals surface area contributed by atoms with Gasteiger partial charge in [-0.1, -0.05) is 18.2 Å². The molecule has 0 heterocycles. The molecule has 0 aliphatic rings. The normalized spacial score (nSPS) is 12.6. The number of hydrogen-bond donors (Lipinski definition) is 1. The molecule has 1 atom stereocenters. The first-order chi connectivity index (χ1) is 10.8. The first-order valence-electron chi connectivity index (χ1n) is 6.82. The summed E-state index contributed by atoms with van der Waals surface area (Å²) in [7, 11) is -3.94. The lowest BCUT2D eigenvalue weighted by atomic mass is 10.3. The van der Waals surface area contributed by atoms with E-state index in [0.29, 0.717) is 5.69 Å². The number of aliphatic hydroxyl groups is 1. The molecule has 0 saturated heterocycles. The maximum absolute atomic E-state index is 12.8. The monoisotopic (exact) mass is 336 g/mol. The highest BCUT2D eigenvalue weighted by Gasteiger charge is 2.26. The zero-order valence-corrected chi connectivity index (χ0v) is 13.2. The molecule has 0 aliphatic carbocycles. The summed E-state index contributed by atoms with van der Waals surface area (Å²) < 4.78 is 26.7. The van der Waals surface area contributed by atoms with Gasteiger partial charge in [-0.3, -0.25) is 14.4 Å². The van der Waals surface area contributed by atoms with E-state index in [1.165, 1.54) is 19.1 Å². The van der Waals surface area contributed by atoms with Crippen LogP contribution in [0.3, 0.4) is 0 Å². The highest BCUT2D eigenvalue weighted by Crippen LogP contribution is 2.25. The van der Waals surface area contributed by atoms with E-state index < -0.39 is 21.1 Å². The molecule has 1 N–H and O–H groups in total. The van der Waals surface area contributed by atoms with Gasteiger partial charge in [-0.15, -0.1) is 0 Å². The Labute approximate surface area is 134 Å². The lowest BCUT2D eigenvalue weighted by Crippen LogP contribution is -2.36. The minimum absolute atomic E-state index is 0.0763. The molecule has 0 aromatic heterocycles. The van der Waals surface area contributed by atoms with Crippen LogP contribution in [0.25, 0.3) is 0 Å². The van der Waals surface area contributed by atoms with Gasteiger partial charge in [-0.2, -0.15) is 0 Å². The third kappa shape index (κ3) is 3.85. The van der Waals surface area contributed by atoms with Crippen molar-refractivity contribution in [2.45, 2.75) is 17.9 Å². The molecule has 23 heavy (non-hydrogen) atoms. The predicted octanol–water partition coefficient (Wildman–Crippen LogP) is 2.17. The van der Waals surface area contributed by atoms with Gasteiger partial charge >= 0.3 is 0 Å². The molecule has 2 aromatic carbocycles. The van der Waals surface area contributed by atoms with Crippen molar-refractivity contribution in [1.29, 1.82) is 0 Å². The Kier molecular flexibility index (Phi) is 4.97. The van der Waals surface area contributed by atoms with Gasteiger partial charge in [-0.25, -0.2) is 8.42 Å². The van der Waals surface area contributed by atoms with Gasteiger partial charge in [0.05, 0.1) is 28.2 Å². The van der Waals surface area contributed by atoms with Crippen molar-refractivity contribution in [1.82, 2.24) is 0 Å². The average Bonchev–Trinajstić information content (AvgIpc) is 2.53. The van der Waals surface area contributed by atoms with E-state index in [4.69, 9.17) is 0 Å². The second kappa shape index (κ2) is 6.76. The maximum Gasteiger partial charge on any atom is 0.269 e. The Morgan fingerprint density at radius 1 is 1.13 bits per heavy atom. The van der Waals surface area contributed by atoms with Crippen LogP contribution in [-0.2, 0) is 10.0 Å². The van der Waals surface area contributed by atoms with Crippen LogP contribution >= 0.6 is 0 Å². The second-order valence-electron chi connectivity index (χ2n) is 4.97. The van der Waals surface area contributed by atoms with Gasteiger partial charge in [-0.05, 0) is 31.2 Å². The molecule has 2 aromatic rings. The van der Waals surface area contributed by atoms with E-state index in [0.717, 1.165) is 16.4 Å². The van der Waals surface area contributed by atoms with Gasteiger partial charge in [0.1, 0.15) is 0 Å². The van der Waals surface area contributed by atoms with Crippen LogP contribution in [0, 0.1) is 10.1 Å². The molecule has 0 bridgehead atoms. The minimum Gasteiger partial charge on any atom is -0.392 e. The summed E-state index contributed by atoms with van der Waals surface area (Å²) in [4.78, 5) is 10.0. The molecule has 122 valence electrons. The van der Waals surface area contributed by atoms with Crippen molar-refractivity contribution in [3.05, 3.63) is 64.7 Å². The first-order valence-corrected chi connectivity index (χ1v) is 8.26. The molecule has 0 fully saturated rings. The number of para-hydroxylation sites is 1. The fourth-order valence-electron chi connectivity index (χ4n) is 2.04. The summed E-state index contributed by atoms with van der Waals surface area (Å²) >= 11 is 0. The standard InChI is InChI=1S/C15H16N2O5S/c1-12(18)11-16(13-5-3-2-4-6-13)23(21,22)15-9-7-14(8-10-15)17(19)20/h2-10,12,18H,11H2,1H3/t12-/m1/s1. The molecule has 0 aliphatic heterocycles. The lowest BCUT2D eigenvalue weighted by Gasteiger charge is -2.25. The van der Waals surface area contributed by atoms with Gasteiger partial charge in [0.25, 0.3) is 15.7 Å². The zero-order chi connectivity index (χ0) is 17.0. The number of nitro benzene ring substituents is 1. The quantitative estimate of drug-likeness (QED) is 0.643. The van der Waals surface area contributed by atoms with Crippen LogP contribution in [0.2, 0.25) is 0 Å². The van der Waals surface area contributed by atoms with Crippen LogP contribution in [0.4, 0.5) is 11.4 Å². The van der Waals surface area contributed by atoms with Crippen molar-refractivity contribution >= 4 is 21.4 Å². The van der Waals surface area contributed by atoms with Crippen LogP contribution < -0.4 is 4.31 Å². The molecule has 0 unspecified atom stereocenters. The first kappa shape index (κ1) is 16.9. The van der Waals surface area contributed by atoms with E-state index in [1.807, 2.05) is 0 Å². The highest BCUT2D eigenvalue weighted by molar-refractivity contribution is 7.92. The zero-order valence-electron chi connectivity index (χ0n) is 12.4. The number of non-ortho nitro benzene ring substituents is 1. The third-order valence-electron chi connectivity index (χ3n) is 3.11. The number of benzene rings is 2. The van der Waals surface area contributed by atoms with Crippen LogP contribution in [0.1, 0.15) is 6.92 Å². The van der Waals surface area contributed by atoms with E-state index in [2.05, 4.69) is 0 Å². The fraction of sp³-hybridized carbons (Fsp3) is 0.200. The van der Waals surface area contributed by atoms with Gasteiger partial charge < -0.3 is 5.11 Å². The molecule has 8 heteroatoms. The Morgan fingerprint density at radius 2 is 1.70 bits per heavy atom. The summed E-state index contributed by atoms with van der Waals surface area (Å²) in [5, 5.41) is 20.3. The molecule has 0 amide bonds. The van der Waals surface area contributed by atoms with Crippen molar-refractivity contribution in [2.75, 3.05) is 10.8 Å².